The zero-order valence-corrected chi connectivity index (χ0v) is 10.0. The third kappa shape index (κ3) is 2.01. The van der Waals surface area contributed by atoms with Crippen LogP contribution >= 0.6 is 0 Å². The second-order valence-corrected chi connectivity index (χ2v) is 5.77. The number of hydrogen-bond donors (Lipinski definition) is 2. The van der Waals surface area contributed by atoms with Crippen molar-refractivity contribution >= 4 is 0 Å². The van der Waals surface area contributed by atoms with Gasteiger partial charge in [-0.1, -0.05) is 12.8 Å². The standard InChI is InChI=1S/C13H24N2O/c14-8-9-3-1-2-4-11(9)15-12-7-10-5-6-13(12)16-10/h9-13,15H,1-8,14H2. The van der Waals surface area contributed by atoms with Gasteiger partial charge in [0, 0.05) is 12.1 Å². The number of fused-ring (bicyclic) bond motifs is 2. The maximum atomic E-state index is 5.90. The van der Waals surface area contributed by atoms with Crippen LogP contribution in [0.3, 0.4) is 0 Å². The molecule has 2 saturated heterocycles. The molecule has 3 rings (SSSR count). The fraction of sp³-hybridized carbons (Fsp3) is 1.00. The van der Waals surface area contributed by atoms with Gasteiger partial charge >= 0.3 is 0 Å². The summed E-state index contributed by atoms with van der Waals surface area (Å²) in [5, 5.41) is 3.85. The van der Waals surface area contributed by atoms with E-state index in [1.807, 2.05) is 0 Å². The Hall–Kier alpha value is -0.120. The largest absolute Gasteiger partial charge is 0.373 e. The molecule has 0 aromatic heterocycles. The highest BCUT2D eigenvalue weighted by atomic mass is 16.5. The van der Waals surface area contributed by atoms with Crippen LogP contribution in [0.2, 0.25) is 0 Å². The highest BCUT2D eigenvalue weighted by molar-refractivity contribution is 4.96. The van der Waals surface area contributed by atoms with E-state index in [1.165, 1.54) is 44.9 Å². The van der Waals surface area contributed by atoms with Crippen molar-refractivity contribution < 1.29 is 4.74 Å². The molecule has 1 aliphatic carbocycles. The van der Waals surface area contributed by atoms with E-state index >= 15 is 0 Å². The molecule has 1 saturated carbocycles. The minimum atomic E-state index is 0.505. The van der Waals surface area contributed by atoms with Crippen LogP contribution in [-0.2, 0) is 4.74 Å². The topological polar surface area (TPSA) is 47.3 Å². The summed E-state index contributed by atoms with van der Waals surface area (Å²) < 4.78 is 5.90. The Morgan fingerprint density at radius 2 is 1.94 bits per heavy atom. The van der Waals surface area contributed by atoms with Crippen LogP contribution in [0.15, 0.2) is 0 Å². The molecule has 2 bridgehead atoms. The van der Waals surface area contributed by atoms with Crippen molar-refractivity contribution in [1.82, 2.24) is 5.32 Å². The Labute approximate surface area is 98.1 Å². The van der Waals surface area contributed by atoms with Crippen molar-refractivity contribution in [2.45, 2.75) is 69.2 Å². The monoisotopic (exact) mass is 224 g/mol. The lowest BCUT2D eigenvalue weighted by Crippen LogP contribution is -2.49. The van der Waals surface area contributed by atoms with E-state index in [0.717, 1.165) is 6.54 Å². The molecule has 5 atom stereocenters. The van der Waals surface area contributed by atoms with E-state index in [2.05, 4.69) is 5.32 Å². The first-order valence-electron chi connectivity index (χ1n) is 6.98. The Morgan fingerprint density at radius 3 is 2.62 bits per heavy atom. The van der Waals surface area contributed by atoms with Crippen molar-refractivity contribution in [1.29, 1.82) is 0 Å². The van der Waals surface area contributed by atoms with Crippen molar-refractivity contribution in [3.8, 4) is 0 Å². The van der Waals surface area contributed by atoms with Gasteiger partial charge in [0.2, 0.25) is 0 Å². The molecule has 5 unspecified atom stereocenters. The Morgan fingerprint density at radius 1 is 1.06 bits per heavy atom. The first-order valence-corrected chi connectivity index (χ1v) is 6.98. The molecule has 3 N–H and O–H groups in total. The van der Waals surface area contributed by atoms with E-state index < -0.39 is 0 Å². The van der Waals surface area contributed by atoms with Gasteiger partial charge in [-0.3, -0.25) is 0 Å². The molecule has 3 fully saturated rings. The van der Waals surface area contributed by atoms with Gasteiger partial charge in [-0.15, -0.1) is 0 Å². The number of ether oxygens (including phenoxy) is 1. The quantitative estimate of drug-likeness (QED) is 0.762. The van der Waals surface area contributed by atoms with Crippen LogP contribution in [-0.4, -0.2) is 30.8 Å². The second kappa shape index (κ2) is 4.63. The van der Waals surface area contributed by atoms with Gasteiger partial charge < -0.3 is 15.8 Å². The molecule has 0 aromatic rings. The summed E-state index contributed by atoms with van der Waals surface area (Å²) in [7, 11) is 0. The molecule has 3 heteroatoms. The van der Waals surface area contributed by atoms with Gasteiger partial charge in [0.05, 0.1) is 12.2 Å². The van der Waals surface area contributed by atoms with E-state index in [4.69, 9.17) is 10.5 Å². The van der Waals surface area contributed by atoms with Gasteiger partial charge in [0.25, 0.3) is 0 Å². The van der Waals surface area contributed by atoms with E-state index in [0.29, 0.717) is 30.2 Å². The van der Waals surface area contributed by atoms with E-state index in [1.54, 1.807) is 0 Å². The molecule has 0 radical (unpaired) electrons. The fourth-order valence-corrected chi connectivity index (χ4v) is 3.80. The average Bonchev–Trinajstić information content (AvgIpc) is 2.92. The first kappa shape index (κ1) is 11.0. The van der Waals surface area contributed by atoms with Crippen LogP contribution in [0, 0.1) is 5.92 Å². The molecule has 16 heavy (non-hydrogen) atoms. The first-order chi connectivity index (χ1) is 7.86. The van der Waals surface area contributed by atoms with Crippen LogP contribution in [0.5, 0.6) is 0 Å². The summed E-state index contributed by atoms with van der Waals surface area (Å²) in [5.74, 6) is 0.702. The predicted octanol–water partition coefficient (Wildman–Crippen LogP) is 1.41. The second-order valence-electron chi connectivity index (χ2n) is 5.77. The third-order valence-corrected chi connectivity index (χ3v) is 4.75. The highest BCUT2D eigenvalue weighted by Crippen LogP contribution is 2.35. The van der Waals surface area contributed by atoms with Gasteiger partial charge in [0.1, 0.15) is 0 Å². The zero-order valence-electron chi connectivity index (χ0n) is 10.0. The number of hydrogen-bond acceptors (Lipinski definition) is 3. The van der Waals surface area contributed by atoms with Gasteiger partial charge in [0.15, 0.2) is 0 Å². The van der Waals surface area contributed by atoms with Crippen LogP contribution in [0.25, 0.3) is 0 Å². The zero-order chi connectivity index (χ0) is 11.0. The molecule has 2 heterocycles. The Kier molecular flexibility index (Phi) is 3.18. The maximum Gasteiger partial charge on any atom is 0.0733 e. The van der Waals surface area contributed by atoms with Gasteiger partial charge in [-0.05, 0) is 44.6 Å². The summed E-state index contributed by atoms with van der Waals surface area (Å²) >= 11 is 0. The van der Waals surface area contributed by atoms with Crippen molar-refractivity contribution in [2.75, 3.05) is 6.54 Å². The molecule has 0 spiro atoms. The summed E-state index contributed by atoms with van der Waals surface area (Å²) in [4.78, 5) is 0. The van der Waals surface area contributed by atoms with Crippen molar-refractivity contribution in [3.63, 3.8) is 0 Å². The summed E-state index contributed by atoms with van der Waals surface area (Å²) in [6, 6.07) is 1.28. The normalized spacial score (nSPS) is 47.4. The van der Waals surface area contributed by atoms with Crippen molar-refractivity contribution in [2.24, 2.45) is 11.7 Å². The molecule has 3 aliphatic rings. The maximum absolute atomic E-state index is 5.90. The molecular weight excluding hydrogens is 200 g/mol. The summed E-state index contributed by atoms with van der Waals surface area (Å²) in [6.07, 6.45) is 10.2. The molecule has 92 valence electrons. The highest BCUT2D eigenvalue weighted by Gasteiger charge is 2.42. The SMILES string of the molecule is NCC1CCCCC1NC1CC2CCC1O2. The Balaban J connectivity index is 1.56. The number of nitrogens with two attached hydrogens (primary N) is 1. The third-order valence-electron chi connectivity index (χ3n) is 4.75. The molecule has 0 amide bonds. The number of rotatable bonds is 3. The van der Waals surface area contributed by atoms with Crippen LogP contribution in [0.4, 0.5) is 0 Å². The lowest BCUT2D eigenvalue weighted by Gasteiger charge is -2.35. The lowest BCUT2D eigenvalue weighted by molar-refractivity contribution is 0.0931. The minimum Gasteiger partial charge on any atom is -0.373 e. The molecule has 2 aliphatic heterocycles. The number of nitrogens with one attached hydrogen (secondary N) is 1. The molecule has 0 aromatic carbocycles. The van der Waals surface area contributed by atoms with Crippen molar-refractivity contribution in [3.05, 3.63) is 0 Å². The minimum absolute atomic E-state index is 0.505. The smallest absolute Gasteiger partial charge is 0.0733 e. The fourth-order valence-electron chi connectivity index (χ4n) is 3.80. The molecule has 3 nitrogen and oxygen atoms in total. The van der Waals surface area contributed by atoms with E-state index in [9.17, 15) is 0 Å². The predicted molar refractivity (Wildman–Crippen MR) is 64.2 cm³/mol. The summed E-state index contributed by atoms with van der Waals surface area (Å²) in [6.45, 7) is 0.847. The Bertz CT molecular complexity index is 246. The average molecular weight is 224 g/mol. The van der Waals surface area contributed by atoms with Gasteiger partial charge in [-0.25, -0.2) is 0 Å². The van der Waals surface area contributed by atoms with Crippen LogP contribution in [0.1, 0.15) is 44.9 Å². The van der Waals surface area contributed by atoms with Crippen LogP contribution < -0.4 is 11.1 Å². The molecular formula is C13H24N2O. The lowest BCUT2D eigenvalue weighted by atomic mass is 9.83. The van der Waals surface area contributed by atoms with E-state index in [-0.39, 0.29) is 0 Å². The van der Waals surface area contributed by atoms with Gasteiger partial charge in [-0.2, -0.15) is 0 Å². The summed E-state index contributed by atoms with van der Waals surface area (Å²) in [5.41, 5.74) is 5.87.